The first kappa shape index (κ1) is 15.8. The minimum Gasteiger partial charge on any atom is -0.382 e. The molecule has 1 saturated carbocycles. The Morgan fingerprint density at radius 1 is 1.29 bits per heavy atom. The number of carbonyl (C=O) groups excluding carboxylic acids is 2. The fourth-order valence-corrected chi connectivity index (χ4v) is 2.59. The molecule has 0 aromatic carbocycles. The van der Waals surface area contributed by atoms with Crippen LogP contribution in [0.2, 0.25) is 0 Å². The topological polar surface area (TPSA) is 79.8 Å². The summed E-state index contributed by atoms with van der Waals surface area (Å²) in [4.78, 5) is 29.0. The molecular formula is C15H25N3O3. The van der Waals surface area contributed by atoms with Crippen LogP contribution in [0.15, 0.2) is 5.16 Å². The van der Waals surface area contributed by atoms with E-state index in [4.69, 9.17) is 4.84 Å². The molecule has 1 aliphatic heterocycles. The van der Waals surface area contributed by atoms with E-state index in [1.54, 1.807) is 0 Å². The number of hydrogen-bond acceptors (Lipinski definition) is 4. The molecule has 0 aromatic rings. The van der Waals surface area contributed by atoms with Gasteiger partial charge in [-0.1, -0.05) is 38.3 Å². The summed E-state index contributed by atoms with van der Waals surface area (Å²) < 4.78 is 0. The molecule has 0 spiro atoms. The summed E-state index contributed by atoms with van der Waals surface area (Å²) in [6.07, 6.45) is 5.20. The third-order valence-corrected chi connectivity index (χ3v) is 3.85. The fraction of sp³-hybridized carbons (Fsp3) is 0.800. The van der Waals surface area contributed by atoms with Gasteiger partial charge in [-0.3, -0.25) is 9.59 Å². The predicted molar refractivity (Wildman–Crippen MR) is 79.8 cm³/mol. The maximum Gasteiger partial charge on any atom is 0.269 e. The summed E-state index contributed by atoms with van der Waals surface area (Å²) >= 11 is 0. The molecule has 0 saturated heterocycles. The molecule has 1 aliphatic carbocycles. The van der Waals surface area contributed by atoms with Crippen LogP contribution in [0, 0.1) is 5.92 Å². The minimum atomic E-state index is -0.671. The highest BCUT2D eigenvalue weighted by atomic mass is 16.6. The number of nitrogens with zero attached hydrogens (tertiary/aromatic N) is 1. The summed E-state index contributed by atoms with van der Waals surface area (Å²) in [5, 5.41) is 9.56. The van der Waals surface area contributed by atoms with Crippen LogP contribution in [0.5, 0.6) is 0 Å². The molecule has 118 valence electrons. The number of hydrogen-bond donors (Lipinski definition) is 2. The molecule has 0 aromatic heterocycles. The number of carbonyl (C=O) groups is 2. The molecule has 1 unspecified atom stereocenters. The van der Waals surface area contributed by atoms with Gasteiger partial charge < -0.3 is 15.5 Å². The highest BCUT2D eigenvalue weighted by molar-refractivity contribution is 6.39. The van der Waals surface area contributed by atoms with Gasteiger partial charge in [0.15, 0.2) is 0 Å². The fourth-order valence-electron chi connectivity index (χ4n) is 2.59. The number of rotatable bonds is 5. The van der Waals surface area contributed by atoms with Crippen LogP contribution in [0.3, 0.4) is 0 Å². The smallest absolute Gasteiger partial charge is 0.269 e. The van der Waals surface area contributed by atoms with Crippen LogP contribution in [0.4, 0.5) is 0 Å². The number of nitrogens with one attached hydrogen (secondary N) is 2. The molecule has 1 heterocycles. The van der Waals surface area contributed by atoms with Crippen molar-refractivity contribution in [3.8, 4) is 0 Å². The third kappa shape index (κ3) is 4.72. The molecule has 21 heavy (non-hydrogen) atoms. The van der Waals surface area contributed by atoms with E-state index < -0.39 is 6.10 Å². The quantitative estimate of drug-likeness (QED) is 0.803. The van der Waals surface area contributed by atoms with Gasteiger partial charge in [-0.2, -0.15) is 0 Å². The van der Waals surface area contributed by atoms with Crippen molar-refractivity contribution >= 4 is 17.5 Å². The van der Waals surface area contributed by atoms with Gasteiger partial charge in [-0.25, -0.2) is 0 Å². The summed E-state index contributed by atoms with van der Waals surface area (Å²) in [5.41, 5.74) is 0.324. The van der Waals surface area contributed by atoms with Gasteiger partial charge in [0.05, 0.1) is 0 Å². The van der Waals surface area contributed by atoms with Crippen LogP contribution in [-0.4, -0.2) is 36.2 Å². The lowest BCUT2D eigenvalue weighted by Gasteiger charge is -2.22. The Balaban J connectivity index is 1.75. The third-order valence-electron chi connectivity index (χ3n) is 3.85. The normalized spacial score (nSPS) is 22.6. The van der Waals surface area contributed by atoms with Crippen molar-refractivity contribution in [2.75, 3.05) is 6.54 Å². The monoisotopic (exact) mass is 295 g/mol. The minimum absolute atomic E-state index is 0.193. The van der Waals surface area contributed by atoms with Crippen molar-refractivity contribution < 1.29 is 14.4 Å². The van der Waals surface area contributed by atoms with Crippen molar-refractivity contribution in [3.05, 3.63) is 0 Å². The maximum atomic E-state index is 12.1. The first-order valence-corrected chi connectivity index (χ1v) is 7.87. The molecule has 6 heteroatoms. The van der Waals surface area contributed by atoms with E-state index in [0.717, 1.165) is 25.7 Å². The van der Waals surface area contributed by atoms with E-state index in [0.29, 0.717) is 18.2 Å². The molecule has 1 atom stereocenters. The van der Waals surface area contributed by atoms with E-state index >= 15 is 0 Å². The number of amides is 2. The van der Waals surface area contributed by atoms with Gasteiger partial charge in [-0.05, 0) is 18.8 Å². The Morgan fingerprint density at radius 3 is 2.67 bits per heavy atom. The lowest BCUT2D eigenvalue weighted by atomic mass is 9.95. The maximum absolute atomic E-state index is 12.1. The summed E-state index contributed by atoms with van der Waals surface area (Å²) in [7, 11) is 0. The molecule has 2 rings (SSSR count). The van der Waals surface area contributed by atoms with Crippen molar-refractivity contribution in [1.29, 1.82) is 0 Å². The van der Waals surface area contributed by atoms with E-state index in [-0.39, 0.29) is 24.3 Å². The second-order valence-corrected chi connectivity index (χ2v) is 6.28. The Kier molecular flexibility index (Phi) is 5.59. The van der Waals surface area contributed by atoms with Crippen molar-refractivity contribution in [2.24, 2.45) is 11.1 Å². The SMILES string of the molecule is CC(C)CNC(=O)C1CC(C(=O)NC2CCCCC2)=NO1. The zero-order chi connectivity index (χ0) is 15.2. The van der Waals surface area contributed by atoms with Gasteiger partial charge in [-0.15, -0.1) is 0 Å². The van der Waals surface area contributed by atoms with Gasteiger partial charge in [0, 0.05) is 19.0 Å². The predicted octanol–water partition coefficient (Wildman–Crippen LogP) is 1.35. The van der Waals surface area contributed by atoms with Gasteiger partial charge >= 0.3 is 0 Å². The van der Waals surface area contributed by atoms with Crippen molar-refractivity contribution in [1.82, 2.24) is 10.6 Å². The largest absolute Gasteiger partial charge is 0.382 e. The highest BCUT2D eigenvalue weighted by Gasteiger charge is 2.32. The molecule has 2 amide bonds. The van der Waals surface area contributed by atoms with Gasteiger partial charge in [0.25, 0.3) is 11.8 Å². The molecular weight excluding hydrogens is 270 g/mol. The van der Waals surface area contributed by atoms with Gasteiger partial charge in [0.2, 0.25) is 6.10 Å². The van der Waals surface area contributed by atoms with E-state index in [1.807, 2.05) is 13.8 Å². The molecule has 1 fully saturated rings. The van der Waals surface area contributed by atoms with Crippen LogP contribution in [0.1, 0.15) is 52.4 Å². The Hall–Kier alpha value is -1.59. The zero-order valence-corrected chi connectivity index (χ0v) is 12.9. The molecule has 0 bridgehead atoms. The molecule has 6 nitrogen and oxygen atoms in total. The van der Waals surface area contributed by atoms with Crippen LogP contribution >= 0.6 is 0 Å². The van der Waals surface area contributed by atoms with Crippen LogP contribution in [0.25, 0.3) is 0 Å². The van der Waals surface area contributed by atoms with E-state index in [2.05, 4.69) is 15.8 Å². The second kappa shape index (κ2) is 7.43. The lowest BCUT2D eigenvalue weighted by Crippen LogP contribution is -2.41. The standard InChI is InChI=1S/C15H25N3O3/c1-10(2)9-16-15(20)13-8-12(18-21-13)14(19)17-11-6-4-3-5-7-11/h10-11,13H,3-9H2,1-2H3,(H,16,20)(H,17,19). The summed E-state index contributed by atoms with van der Waals surface area (Å²) in [5.74, 6) is -0.0145. The number of oxime groups is 1. The molecule has 2 N–H and O–H groups in total. The summed E-state index contributed by atoms with van der Waals surface area (Å²) in [6, 6.07) is 0.239. The first-order chi connectivity index (χ1) is 10.1. The molecule has 2 aliphatic rings. The zero-order valence-electron chi connectivity index (χ0n) is 12.9. The Morgan fingerprint density at radius 2 is 2.00 bits per heavy atom. The highest BCUT2D eigenvalue weighted by Crippen LogP contribution is 2.18. The van der Waals surface area contributed by atoms with E-state index in [9.17, 15) is 9.59 Å². The van der Waals surface area contributed by atoms with Crippen LogP contribution in [-0.2, 0) is 14.4 Å². The molecule has 0 radical (unpaired) electrons. The first-order valence-electron chi connectivity index (χ1n) is 7.87. The van der Waals surface area contributed by atoms with Crippen molar-refractivity contribution in [2.45, 2.75) is 64.5 Å². The van der Waals surface area contributed by atoms with Crippen LogP contribution < -0.4 is 10.6 Å². The van der Waals surface area contributed by atoms with E-state index in [1.165, 1.54) is 6.42 Å². The second-order valence-electron chi connectivity index (χ2n) is 6.28. The van der Waals surface area contributed by atoms with Crippen molar-refractivity contribution in [3.63, 3.8) is 0 Å². The Bertz CT molecular complexity index is 414. The Labute approximate surface area is 125 Å². The average molecular weight is 295 g/mol. The lowest BCUT2D eigenvalue weighted by molar-refractivity contribution is -0.131. The van der Waals surface area contributed by atoms with Gasteiger partial charge in [0.1, 0.15) is 5.71 Å². The average Bonchev–Trinajstić information content (AvgIpc) is 2.95. The summed E-state index contributed by atoms with van der Waals surface area (Å²) in [6.45, 7) is 4.65.